The van der Waals surface area contributed by atoms with Crippen LogP contribution < -0.4 is 9.80 Å². The van der Waals surface area contributed by atoms with E-state index < -0.39 is 0 Å². The maximum atomic E-state index is 14.3. The summed E-state index contributed by atoms with van der Waals surface area (Å²) in [4.78, 5) is 36.3. The molecule has 208 valence electrons. The van der Waals surface area contributed by atoms with Gasteiger partial charge in [0.1, 0.15) is 12.4 Å². The minimum atomic E-state index is -0.160. The molecular formula is C33H38N4O3. The fourth-order valence-corrected chi connectivity index (χ4v) is 6.02. The molecule has 0 saturated carbocycles. The SMILES string of the molecule is CCc1cccc(C)c1N(C(=O)Cn1c([C@H]2CC(=O)N(c3ccccc3C)C2)nc2ccccc21)[C@H](C)COC. The lowest BCUT2D eigenvalue weighted by molar-refractivity contribution is -0.120. The molecule has 40 heavy (non-hydrogen) atoms. The van der Waals surface area contributed by atoms with Gasteiger partial charge in [-0.2, -0.15) is 0 Å². The maximum Gasteiger partial charge on any atom is 0.247 e. The van der Waals surface area contributed by atoms with Gasteiger partial charge >= 0.3 is 0 Å². The summed E-state index contributed by atoms with van der Waals surface area (Å²) >= 11 is 0. The number of anilines is 2. The molecule has 0 N–H and O–H groups in total. The number of amides is 2. The number of para-hydroxylation sites is 4. The molecule has 5 rings (SSSR count). The van der Waals surface area contributed by atoms with Crippen LogP contribution in [-0.2, 0) is 27.3 Å². The Labute approximate surface area is 236 Å². The second-order valence-corrected chi connectivity index (χ2v) is 10.7. The minimum absolute atomic E-state index is 0.0296. The van der Waals surface area contributed by atoms with Crippen molar-refractivity contribution in [3.8, 4) is 0 Å². The number of aromatic nitrogens is 2. The van der Waals surface area contributed by atoms with E-state index in [9.17, 15) is 9.59 Å². The highest BCUT2D eigenvalue weighted by atomic mass is 16.5. The standard InChI is InChI=1S/C33H38N4O3/c1-6-25-14-11-13-23(3)32(25)37(24(4)21-40-5)31(39)20-36-29-17-10-8-15-27(29)34-33(36)26-18-30(38)35(19-26)28-16-9-7-12-22(28)2/h7-17,24,26H,6,18-21H2,1-5H3/t24-,26+/m1/s1. The van der Waals surface area contributed by atoms with E-state index in [4.69, 9.17) is 9.72 Å². The van der Waals surface area contributed by atoms with Crippen LogP contribution in [0, 0.1) is 13.8 Å². The van der Waals surface area contributed by atoms with E-state index in [0.29, 0.717) is 19.6 Å². The quantitative estimate of drug-likeness (QED) is 0.270. The number of aryl methyl sites for hydroxylation is 3. The highest BCUT2D eigenvalue weighted by Crippen LogP contribution is 2.35. The molecule has 1 aliphatic heterocycles. The highest BCUT2D eigenvalue weighted by Gasteiger charge is 2.36. The number of nitrogens with zero attached hydrogens (tertiary/aromatic N) is 4. The Bertz CT molecular complexity index is 1540. The van der Waals surface area contributed by atoms with Crippen molar-refractivity contribution in [3.05, 3.63) is 89.2 Å². The van der Waals surface area contributed by atoms with E-state index in [1.165, 1.54) is 0 Å². The lowest BCUT2D eigenvalue weighted by Gasteiger charge is -2.32. The van der Waals surface area contributed by atoms with E-state index >= 15 is 0 Å². The molecule has 4 aromatic rings. The van der Waals surface area contributed by atoms with Crippen LogP contribution in [0.25, 0.3) is 11.0 Å². The number of benzene rings is 3. The average molecular weight is 539 g/mol. The first kappa shape index (κ1) is 27.6. The molecule has 0 unspecified atom stereocenters. The number of rotatable bonds is 9. The summed E-state index contributed by atoms with van der Waals surface area (Å²) in [6.45, 7) is 9.28. The molecule has 2 amide bonds. The summed E-state index contributed by atoms with van der Waals surface area (Å²) < 4.78 is 7.52. The van der Waals surface area contributed by atoms with Gasteiger partial charge in [-0.25, -0.2) is 4.98 Å². The van der Waals surface area contributed by atoms with Gasteiger partial charge in [0.2, 0.25) is 11.8 Å². The Hall–Kier alpha value is -3.97. The Morgan fingerprint density at radius 1 is 1.05 bits per heavy atom. The summed E-state index contributed by atoms with van der Waals surface area (Å²) in [5.41, 5.74) is 6.85. The van der Waals surface area contributed by atoms with E-state index in [2.05, 4.69) is 26.0 Å². The molecule has 1 aromatic heterocycles. The monoisotopic (exact) mass is 538 g/mol. The second kappa shape index (κ2) is 11.6. The first-order valence-electron chi connectivity index (χ1n) is 14.0. The smallest absolute Gasteiger partial charge is 0.247 e. The molecular weight excluding hydrogens is 500 g/mol. The van der Waals surface area contributed by atoms with Crippen LogP contribution in [0.4, 0.5) is 11.4 Å². The van der Waals surface area contributed by atoms with Gasteiger partial charge in [-0.05, 0) is 62.1 Å². The second-order valence-electron chi connectivity index (χ2n) is 10.7. The van der Waals surface area contributed by atoms with E-state index in [-0.39, 0.29) is 30.3 Å². The third-order valence-corrected chi connectivity index (χ3v) is 7.93. The number of hydrogen-bond acceptors (Lipinski definition) is 4. The minimum Gasteiger partial charge on any atom is -0.383 e. The van der Waals surface area contributed by atoms with Crippen LogP contribution in [-0.4, -0.2) is 47.7 Å². The molecule has 1 aliphatic rings. The van der Waals surface area contributed by atoms with Crippen molar-refractivity contribution in [2.24, 2.45) is 0 Å². The Morgan fingerprint density at radius 3 is 2.52 bits per heavy atom. The first-order chi connectivity index (χ1) is 19.3. The first-order valence-corrected chi connectivity index (χ1v) is 14.0. The van der Waals surface area contributed by atoms with Crippen molar-refractivity contribution in [1.82, 2.24) is 9.55 Å². The van der Waals surface area contributed by atoms with Gasteiger partial charge in [0, 0.05) is 31.7 Å². The van der Waals surface area contributed by atoms with Crippen molar-refractivity contribution in [2.75, 3.05) is 30.1 Å². The van der Waals surface area contributed by atoms with Crippen molar-refractivity contribution in [2.45, 2.75) is 59.0 Å². The zero-order chi connectivity index (χ0) is 28.4. The number of carbonyl (C=O) groups excluding carboxylic acids is 2. The van der Waals surface area contributed by atoms with Crippen LogP contribution in [0.1, 0.15) is 48.7 Å². The third-order valence-electron chi connectivity index (χ3n) is 7.93. The van der Waals surface area contributed by atoms with Gasteiger partial charge in [-0.15, -0.1) is 0 Å². The topological polar surface area (TPSA) is 67.7 Å². The Kier molecular flexibility index (Phi) is 8.03. The highest BCUT2D eigenvalue weighted by molar-refractivity contribution is 5.98. The van der Waals surface area contributed by atoms with E-state index in [1.54, 1.807) is 7.11 Å². The van der Waals surface area contributed by atoms with Crippen LogP contribution >= 0.6 is 0 Å². The summed E-state index contributed by atoms with van der Waals surface area (Å²) in [7, 11) is 1.66. The average Bonchev–Trinajstić information content (AvgIpc) is 3.50. The van der Waals surface area contributed by atoms with Gasteiger partial charge in [-0.3, -0.25) is 9.59 Å². The molecule has 0 aliphatic carbocycles. The van der Waals surface area contributed by atoms with Gasteiger partial charge < -0.3 is 19.1 Å². The summed E-state index contributed by atoms with van der Waals surface area (Å²) in [5, 5.41) is 0. The zero-order valence-corrected chi connectivity index (χ0v) is 24.1. The van der Waals surface area contributed by atoms with Gasteiger partial charge in [0.15, 0.2) is 0 Å². The normalized spacial score (nSPS) is 16.1. The molecule has 7 nitrogen and oxygen atoms in total. The Balaban J connectivity index is 1.54. The predicted molar refractivity (Wildman–Crippen MR) is 160 cm³/mol. The fourth-order valence-electron chi connectivity index (χ4n) is 6.02. The molecule has 1 saturated heterocycles. The van der Waals surface area contributed by atoms with Crippen LogP contribution in [0.15, 0.2) is 66.7 Å². The van der Waals surface area contributed by atoms with Gasteiger partial charge in [0.05, 0.1) is 29.4 Å². The largest absolute Gasteiger partial charge is 0.383 e. The maximum absolute atomic E-state index is 14.3. The summed E-state index contributed by atoms with van der Waals surface area (Å²) in [6.07, 6.45) is 1.17. The van der Waals surface area contributed by atoms with Gasteiger partial charge in [0.25, 0.3) is 0 Å². The number of hydrogen-bond donors (Lipinski definition) is 0. The molecule has 0 spiro atoms. The van der Waals surface area contributed by atoms with Crippen molar-refractivity contribution in [1.29, 1.82) is 0 Å². The number of imidazole rings is 1. The third kappa shape index (κ3) is 5.13. The van der Waals surface area contributed by atoms with E-state index in [0.717, 1.165) is 51.3 Å². The fraction of sp³-hybridized carbons (Fsp3) is 0.364. The number of fused-ring (bicyclic) bond motifs is 1. The van der Waals surface area contributed by atoms with Crippen molar-refractivity contribution in [3.63, 3.8) is 0 Å². The molecule has 2 atom stereocenters. The molecule has 1 fully saturated rings. The lowest BCUT2D eigenvalue weighted by atomic mass is 10.0. The van der Waals surface area contributed by atoms with Crippen molar-refractivity contribution < 1.29 is 14.3 Å². The molecule has 0 radical (unpaired) electrons. The van der Waals surface area contributed by atoms with Crippen LogP contribution in [0.5, 0.6) is 0 Å². The van der Waals surface area contributed by atoms with Crippen molar-refractivity contribution >= 4 is 34.2 Å². The number of methoxy groups -OCH3 is 1. The van der Waals surface area contributed by atoms with Crippen LogP contribution in [0.2, 0.25) is 0 Å². The van der Waals surface area contributed by atoms with Crippen LogP contribution in [0.3, 0.4) is 0 Å². The number of ether oxygens (including phenoxy) is 1. The predicted octanol–water partition coefficient (Wildman–Crippen LogP) is 5.80. The number of carbonyl (C=O) groups is 2. The molecule has 2 heterocycles. The van der Waals surface area contributed by atoms with E-state index in [1.807, 2.05) is 82.8 Å². The van der Waals surface area contributed by atoms with Gasteiger partial charge in [-0.1, -0.05) is 55.5 Å². The molecule has 0 bridgehead atoms. The zero-order valence-electron chi connectivity index (χ0n) is 24.1. The Morgan fingerprint density at radius 2 is 1.77 bits per heavy atom. The lowest BCUT2D eigenvalue weighted by Crippen LogP contribution is -2.44. The molecule has 3 aromatic carbocycles. The molecule has 7 heteroatoms. The summed E-state index contributed by atoms with van der Waals surface area (Å²) in [6, 6.07) is 21.9. The summed E-state index contributed by atoms with van der Waals surface area (Å²) in [5.74, 6) is 0.700.